The summed E-state index contributed by atoms with van der Waals surface area (Å²) in [5, 5.41) is 3.36. The maximum atomic E-state index is 11.1. The fourth-order valence-electron chi connectivity index (χ4n) is 1.66. The van der Waals surface area contributed by atoms with Crippen LogP contribution in [0.1, 0.15) is 33.1 Å². The van der Waals surface area contributed by atoms with Crippen molar-refractivity contribution in [1.29, 1.82) is 0 Å². The first-order chi connectivity index (χ1) is 6.70. The number of rotatable bonds is 4. The summed E-state index contributed by atoms with van der Waals surface area (Å²) in [6.45, 7) is 6.54. The Balaban J connectivity index is 2.05. The molecule has 3 heteroatoms. The number of carbonyl (C=O) groups excluding carboxylic acids is 1. The summed E-state index contributed by atoms with van der Waals surface area (Å²) in [5.74, 6) is 0.622. The van der Waals surface area contributed by atoms with Crippen molar-refractivity contribution in [3.8, 4) is 0 Å². The van der Waals surface area contributed by atoms with Gasteiger partial charge in [0, 0.05) is 0 Å². The van der Waals surface area contributed by atoms with Crippen LogP contribution in [0.3, 0.4) is 0 Å². The summed E-state index contributed by atoms with van der Waals surface area (Å²) in [6, 6.07) is 0. The molecule has 82 valence electrons. The van der Waals surface area contributed by atoms with Crippen LogP contribution < -0.4 is 5.32 Å². The average molecular weight is 199 g/mol. The SMILES string of the molecule is CC(C)C(=O)OCC[C@@H]1CCCNC1. The van der Waals surface area contributed by atoms with Gasteiger partial charge in [-0.1, -0.05) is 13.8 Å². The molecule has 1 aliphatic heterocycles. The molecule has 1 fully saturated rings. The van der Waals surface area contributed by atoms with E-state index in [2.05, 4.69) is 5.32 Å². The van der Waals surface area contributed by atoms with Crippen molar-refractivity contribution >= 4 is 5.97 Å². The molecule has 0 radical (unpaired) electrons. The van der Waals surface area contributed by atoms with E-state index >= 15 is 0 Å². The van der Waals surface area contributed by atoms with Gasteiger partial charge in [-0.15, -0.1) is 0 Å². The lowest BCUT2D eigenvalue weighted by atomic mass is 9.97. The number of hydrogen-bond donors (Lipinski definition) is 1. The fourth-order valence-corrected chi connectivity index (χ4v) is 1.66. The average Bonchev–Trinajstić information content (AvgIpc) is 2.19. The van der Waals surface area contributed by atoms with E-state index in [1.54, 1.807) is 0 Å². The zero-order valence-corrected chi connectivity index (χ0v) is 9.21. The molecule has 0 amide bonds. The summed E-state index contributed by atoms with van der Waals surface area (Å²) >= 11 is 0. The van der Waals surface area contributed by atoms with Crippen molar-refractivity contribution in [2.45, 2.75) is 33.1 Å². The Morgan fingerprint density at radius 3 is 2.93 bits per heavy atom. The van der Waals surface area contributed by atoms with Gasteiger partial charge >= 0.3 is 5.97 Å². The van der Waals surface area contributed by atoms with Crippen molar-refractivity contribution in [3.63, 3.8) is 0 Å². The van der Waals surface area contributed by atoms with E-state index in [1.807, 2.05) is 13.8 Å². The van der Waals surface area contributed by atoms with Gasteiger partial charge in [-0.2, -0.15) is 0 Å². The van der Waals surface area contributed by atoms with Gasteiger partial charge in [0.15, 0.2) is 0 Å². The van der Waals surface area contributed by atoms with E-state index in [9.17, 15) is 4.79 Å². The first kappa shape index (κ1) is 11.5. The smallest absolute Gasteiger partial charge is 0.308 e. The van der Waals surface area contributed by atoms with E-state index in [4.69, 9.17) is 4.74 Å². The predicted molar refractivity (Wildman–Crippen MR) is 56.0 cm³/mol. The maximum Gasteiger partial charge on any atom is 0.308 e. The van der Waals surface area contributed by atoms with Crippen LogP contribution in [-0.4, -0.2) is 25.7 Å². The van der Waals surface area contributed by atoms with Gasteiger partial charge in [-0.05, 0) is 38.3 Å². The number of piperidine rings is 1. The minimum absolute atomic E-state index is 0.000481. The second-order valence-electron chi connectivity index (χ2n) is 4.32. The molecule has 1 aliphatic rings. The van der Waals surface area contributed by atoms with Crippen molar-refractivity contribution in [2.24, 2.45) is 11.8 Å². The Kier molecular flexibility index (Phi) is 4.94. The summed E-state index contributed by atoms with van der Waals surface area (Å²) < 4.78 is 5.14. The van der Waals surface area contributed by atoms with Crippen molar-refractivity contribution in [1.82, 2.24) is 5.32 Å². The number of ether oxygens (including phenoxy) is 1. The molecule has 14 heavy (non-hydrogen) atoms. The van der Waals surface area contributed by atoms with E-state index < -0.39 is 0 Å². The van der Waals surface area contributed by atoms with E-state index in [1.165, 1.54) is 12.8 Å². The molecule has 0 spiro atoms. The summed E-state index contributed by atoms with van der Waals surface area (Å²) in [5.41, 5.74) is 0. The molecule has 0 aromatic carbocycles. The normalized spacial score (nSPS) is 22.4. The minimum Gasteiger partial charge on any atom is -0.465 e. The van der Waals surface area contributed by atoms with Gasteiger partial charge in [0.1, 0.15) is 0 Å². The molecule has 1 N–H and O–H groups in total. The standard InChI is InChI=1S/C11H21NO2/c1-9(2)11(13)14-7-5-10-4-3-6-12-8-10/h9-10,12H,3-8H2,1-2H3/t10-/m0/s1. The Morgan fingerprint density at radius 2 is 2.36 bits per heavy atom. The lowest BCUT2D eigenvalue weighted by Crippen LogP contribution is -2.30. The van der Waals surface area contributed by atoms with E-state index in [0.717, 1.165) is 19.5 Å². The molecular weight excluding hydrogens is 178 g/mol. The lowest BCUT2D eigenvalue weighted by molar-refractivity contribution is -0.147. The first-order valence-electron chi connectivity index (χ1n) is 5.57. The molecule has 1 saturated heterocycles. The molecule has 0 saturated carbocycles. The van der Waals surface area contributed by atoms with Crippen LogP contribution in [-0.2, 0) is 9.53 Å². The van der Waals surface area contributed by atoms with Gasteiger partial charge in [-0.25, -0.2) is 0 Å². The highest BCUT2D eigenvalue weighted by atomic mass is 16.5. The third-order valence-corrected chi connectivity index (χ3v) is 2.64. The lowest BCUT2D eigenvalue weighted by Gasteiger charge is -2.22. The molecule has 0 bridgehead atoms. The van der Waals surface area contributed by atoms with Crippen LogP contribution in [0.25, 0.3) is 0 Å². The first-order valence-corrected chi connectivity index (χ1v) is 5.57. The van der Waals surface area contributed by atoms with Gasteiger partial charge in [-0.3, -0.25) is 4.79 Å². The second kappa shape index (κ2) is 6.02. The maximum absolute atomic E-state index is 11.1. The van der Waals surface area contributed by atoms with E-state index in [0.29, 0.717) is 12.5 Å². The molecule has 1 atom stereocenters. The third-order valence-electron chi connectivity index (χ3n) is 2.64. The second-order valence-corrected chi connectivity index (χ2v) is 4.32. The van der Waals surface area contributed by atoms with Gasteiger partial charge in [0.25, 0.3) is 0 Å². The van der Waals surface area contributed by atoms with Gasteiger partial charge in [0.05, 0.1) is 12.5 Å². The summed E-state index contributed by atoms with van der Waals surface area (Å²) in [6.07, 6.45) is 3.53. The highest BCUT2D eigenvalue weighted by Crippen LogP contribution is 2.13. The van der Waals surface area contributed by atoms with Crippen LogP contribution in [0, 0.1) is 11.8 Å². The number of hydrogen-bond acceptors (Lipinski definition) is 3. The number of esters is 1. The summed E-state index contributed by atoms with van der Waals surface area (Å²) in [7, 11) is 0. The van der Waals surface area contributed by atoms with Gasteiger partial charge in [0.2, 0.25) is 0 Å². The van der Waals surface area contributed by atoms with Crippen LogP contribution in [0.2, 0.25) is 0 Å². The quantitative estimate of drug-likeness (QED) is 0.698. The van der Waals surface area contributed by atoms with Crippen molar-refractivity contribution < 1.29 is 9.53 Å². The van der Waals surface area contributed by atoms with Gasteiger partial charge < -0.3 is 10.1 Å². The van der Waals surface area contributed by atoms with Crippen LogP contribution in [0.5, 0.6) is 0 Å². The number of nitrogens with one attached hydrogen (secondary N) is 1. The molecule has 0 aromatic rings. The Labute approximate surface area is 86.2 Å². The highest BCUT2D eigenvalue weighted by Gasteiger charge is 2.14. The fraction of sp³-hybridized carbons (Fsp3) is 0.909. The molecule has 0 aliphatic carbocycles. The molecule has 0 unspecified atom stereocenters. The largest absolute Gasteiger partial charge is 0.465 e. The monoisotopic (exact) mass is 199 g/mol. The van der Waals surface area contributed by atoms with Crippen LogP contribution in [0.15, 0.2) is 0 Å². The van der Waals surface area contributed by atoms with Crippen molar-refractivity contribution in [2.75, 3.05) is 19.7 Å². The zero-order valence-electron chi connectivity index (χ0n) is 9.21. The Hall–Kier alpha value is -0.570. The Bertz CT molecular complexity index is 174. The zero-order chi connectivity index (χ0) is 10.4. The molecular formula is C11H21NO2. The summed E-state index contributed by atoms with van der Waals surface area (Å²) in [4.78, 5) is 11.1. The topological polar surface area (TPSA) is 38.3 Å². The molecule has 1 heterocycles. The highest BCUT2D eigenvalue weighted by molar-refractivity contribution is 5.71. The van der Waals surface area contributed by atoms with Crippen molar-refractivity contribution in [3.05, 3.63) is 0 Å². The van der Waals surface area contributed by atoms with Crippen LogP contribution in [0.4, 0.5) is 0 Å². The third kappa shape index (κ3) is 4.09. The van der Waals surface area contributed by atoms with E-state index in [-0.39, 0.29) is 11.9 Å². The molecule has 0 aromatic heterocycles. The minimum atomic E-state index is -0.0752. The predicted octanol–water partition coefficient (Wildman–Crippen LogP) is 1.58. The molecule has 3 nitrogen and oxygen atoms in total. The molecule has 1 rings (SSSR count). The van der Waals surface area contributed by atoms with Crippen LogP contribution >= 0.6 is 0 Å². The number of carbonyl (C=O) groups is 1. The Morgan fingerprint density at radius 1 is 1.57 bits per heavy atom.